The fourth-order valence-electron chi connectivity index (χ4n) is 1.69. The van der Waals surface area contributed by atoms with Gasteiger partial charge in [-0.2, -0.15) is 0 Å². The standard InChI is InChI=1S/C14H21NO/c1-4-13(12-8-6-5-7-9-12)14(16)15-10-11(2)3/h5-9,11,13H,4,10H2,1-3H3,(H,15,16)/t13-/m1/s1. The number of nitrogens with one attached hydrogen (secondary N) is 1. The van der Waals surface area contributed by atoms with Gasteiger partial charge in [0.2, 0.25) is 5.91 Å². The van der Waals surface area contributed by atoms with Crippen molar-refractivity contribution in [2.75, 3.05) is 6.54 Å². The van der Waals surface area contributed by atoms with Crippen LogP contribution >= 0.6 is 0 Å². The molecule has 0 radical (unpaired) electrons. The molecule has 88 valence electrons. The van der Waals surface area contributed by atoms with Gasteiger partial charge in [-0.1, -0.05) is 51.1 Å². The zero-order valence-electron chi connectivity index (χ0n) is 10.4. The van der Waals surface area contributed by atoms with Gasteiger partial charge in [0.1, 0.15) is 0 Å². The monoisotopic (exact) mass is 219 g/mol. The number of rotatable bonds is 5. The fourth-order valence-corrected chi connectivity index (χ4v) is 1.69. The van der Waals surface area contributed by atoms with Gasteiger partial charge in [-0.15, -0.1) is 0 Å². The molecule has 0 aliphatic carbocycles. The molecule has 0 aliphatic rings. The van der Waals surface area contributed by atoms with Crippen molar-refractivity contribution in [1.82, 2.24) is 5.32 Å². The van der Waals surface area contributed by atoms with Crippen LogP contribution in [-0.4, -0.2) is 12.5 Å². The van der Waals surface area contributed by atoms with Crippen LogP contribution in [0.15, 0.2) is 30.3 Å². The summed E-state index contributed by atoms with van der Waals surface area (Å²) in [6, 6.07) is 9.97. The molecule has 2 nitrogen and oxygen atoms in total. The van der Waals surface area contributed by atoms with Crippen LogP contribution in [0.3, 0.4) is 0 Å². The summed E-state index contributed by atoms with van der Waals surface area (Å²) in [6.45, 7) is 7.00. The number of benzene rings is 1. The van der Waals surface area contributed by atoms with Gasteiger partial charge in [0.25, 0.3) is 0 Å². The first-order valence-electron chi connectivity index (χ1n) is 5.97. The Kier molecular flexibility index (Phi) is 5.03. The molecule has 0 aromatic heterocycles. The molecule has 0 saturated carbocycles. The van der Waals surface area contributed by atoms with Gasteiger partial charge in [-0.05, 0) is 17.9 Å². The zero-order chi connectivity index (χ0) is 12.0. The summed E-state index contributed by atoms with van der Waals surface area (Å²) in [4.78, 5) is 12.0. The van der Waals surface area contributed by atoms with E-state index in [-0.39, 0.29) is 11.8 Å². The summed E-state index contributed by atoms with van der Waals surface area (Å²) >= 11 is 0. The molecule has 0 bridgehead atoms. The second-order valence-corrected chi connectivity index (χ2v) is 4.51. The van der Waals surface area contributed by atoms with Crippen molar-refractivity contribution in [1.29, 1.82) is 0 Å². The van der Waals surface area contributed by atoms with E-state index in [4.69, 9.17) is 0 Å². The van der Waals surface area contributed by atoms with Crippen molar-refractivity contribution in [2.24, 2.45) is 5.92 Å². The minimum atomic E-state index is -0.0139. The van der Waals surface area contributed by atoms with E-state index in [1.165, 1.54) is 0 Å². The lowest BCUT2D eigenvalue weighted by atomic mass is 9.95. The molecule has 1 aromatic rings. The van der Waals surface area contributed by atoms with Crippen molar-refractivity contribution in [3.8, 4) is 0 Å². The van der Waals surface area contributed by atoms with E-state index >= 15 is 0 Å². The fraction of sp³-hybridized carbons (Fsp3) is 0.500. The van der Waals surface area contributed by atoms with Crippen LogP contribution < -0.4 is 5.32 Å². The Bertz CT molecular complexity index is 319. The van der Waals surface area contributed by atoms with Crippen LogP contribution in [0.2, 0.25) is 0 Å². The molecule has 16 heavy (non-hydrogen) atoms. The summed E-state index contributed by atoms with van der Waals surface area (Å²) in [6.07, 6.45) is 0.841. The Morgan fingerprint density at radius 3 is 2.38 bits per heavy atom. The number of carbonyl (C=O) groups excluding carboxylic acids is 1. The average Bonchev–Trinajstić information content (AvgIpc) is 2.29. The van der Waals surface area contributed by atoms with Crippen LogP contribution in [-0.2, 0) is 4.79 Å². The molecule has 0 spiro atoms. The highest BCUT2D eigenvalue weighted by Crippen LogP contribution is 2.19. The lowest BCUT2D eigenvalue weighted by Gasteiger charge is -2.16. The van der Waals surface area contributed by atoms with E-state index in [9.17, 15) is 4.79 Å². The highest BCUT2D eigenvalue weighted by Gasteiger charge is 2.17. The van der Waals surface area contributed by atoms with Gasteiger partial charge in [0.05, 0.1) is 5.92 Å². The molecule has 1 rings (SSSR count). The maximum atomic E-state index is 12.0. The topological polar surface area (TPSA) is 29.1 Å². The third-order valence-corrected chi connectivity index (χ3v) is 2.61. The van der Waals surface area contributed by atoms with Crippen LogP contribution in [0.1, 0.15) is 38.7 Å². The van der Waals surface area contributed by atoms with Gasteiger partial charge in [-0.25, -0.2) is 0 Å². The number of amides is 1. The average molecular weight is 219 g/mol. The summed E-state index contributed by atoms with van der Waals surface area (Å²) in [7, 11) is 0. The molecule has 0 fully saturated rings. The summed E-state index contributed by atoms with van der Waals surface area (Å²) in [5.74, 6) is 0.625. The van der Waals surface area contributed by atoms with Crippen molar-refractivity contribution in [3.05, 3.63) is 35.9 Å². The molecule has 1 N–H and O–H groups in total. The molecule has 0 saturated heterocycles. The molecular weight excluding hydrogens is 198 g/mol. The quantitative estimate of drug-likeness (QED) is 0.810. The number of hydrogen-bond donors (Lipinski definition) is 1. The maximum absolute atomic E-state index is 12.0. The first-order chi connectivity index (χ1) is 7.65. The van der Waals surface area contributed by atoms with Gasteiger partial charge in [-0.3, -0.25) is 4.79 Å². The highest BCUT2D eigenvalue weighted by atomic mass is 16.1. The van der Waals surface area contributed by atoms with E-state index < -0.39 is 0 Å². The zero-order valence-corrected chi connectivity index (χ0v) is 10.4. The van der Waals surface area contributed by atoms with E-state index in [0.717, 1.165) is 18.5 Å². The number of hydrogen-bond acceptors (Lipinski definition) is 1. The lowest BCUT2D eigenvalue weighted by molar-refractivity contribution is -0.122. The third kappa shape index (κ3) is 3.69. The van der Waals surface area contributed by atoms with Gasteiger partial charge in [0, 0.05) is 6.54 Å². The minimum absolute atomic E-state index is 0.0139. The smallest absolute Gasteiger partial charge is 0.227 e. The van der Waals surface area contributed by atoms with E-state index in [1.54, 1.807) is 0 Å². The SMILES string of the molecule is CC[C@@H](C(=O)NCC(C)C)c1ccccc1. The van der Waals surface area contributed by atoms with Crippen LogP contribution in [0.25, 0.3) is 0 Å². The summed E-state index contributed by atoms with van der Waals surface area (Å²) in [5, 5.41) is 2.99. The Morgan fingerprint density at radius 1 is 1.25 bits per heavy atom. The lowest BCUT2D eigenvalue weighted by Crippen LogP contribution is -2.31. The second kappa shape index (κ2) is 6.31. The molecule has 0 unspecified atom stereocenters. The second-order valence-electron chi connectivity index (χ2n) is 4.51. The van der Waals surface area contributed by atoms with Crippen molar-refractivity contribution < 1.29 is 4.79 Å². The van der Waals surface area contributed by atoms with Crippen molar-refractivity contribution in [3.63, 3.8) is 0 Å². The Balaban J connectivity index is 2.64. The van der Waals surface area contributed by atoms with E-state index in [0.29, 0.717) is 5.92 Å². The largest absolute Gasteiger partial charge is 0.355 e. The predicted molar refractivity (Wildman–Crippen MR) is 67.3 cm³/mol. The molecule has 2 heteroatoms. The van der Waals surface area contributed by atoms with Gasteiger partial charge in [0.15, 0.2) is 0 Å². The first kappa shape index (κ1) is 12.8. The molecule has 1 atom stereocenters. The number of carbonyl (C=O) groups is 1. The highest BCUT2D eigenvalue weighted by molar-refractivity contribution is 5.83. The van der Waals surface area contributed by atoms with Crippen LogP contribution in [0.4, 0.5) is 0 Å². The van der Waals surface area contributed by atoms with Gasteiger partial charge < -0.3 is 5.32 Å². The van der Waals surface area contributed by atoms with Crippen molar-refractivity contribution >= 4 is 5.91 Å². The van der Waals surface area contributed by atoms with Crippen LogP contribution in [0, 0.1) is 5.92 Å². The minimum Gasteiger partial charge on any atom is -0.355 e. The molecule has 0 heterocycles. The van der Waals surface area contributed by atoms with Crippen molar-refractivity contribution in [2.45, 2.75) is 33.1 Å². The summed E-state index contributed by atoms with van der Waals surface area (Å²) in [5.41, 5.74) is 1.10. The molecular formula is C14H21NO. The molecule has 1 aromatic carbocycles. The van der Waals surface area contributed by atoms with E-state index in [2.05, 4.69) is 19.2 Å². The predicted octanol–water partition coefficient (Wildman–Crippen LogP) is 2.95. The Morgan fingerprint density at radius 2 is 1.88 bits per heavy atom. The Hall–Kier alpha value is -1.31. The summed E-state index contributed by atoms with van der Waals surface area (Å²) < 4.78 is 0. The molecule has 0 aliphatic heterocycles. The third-order valence-electron chi connectivity index (χ3n) is 2.61. The maximum Gasteiger partial charge on any atom is 0.227 e. The first-order valence-corrected chi connectivity index (χ1v) is 5.97. The van der Waals surface area contributed by atoms with Gasteiger partial charge >= 0.3 is 0 Å². The molecule has 1 amide bonds. The Labute approximate surface area is 98.1 Å². The normalized spacial score (nSPS) is 12.5. The van der Waals surface area contributed by atoms with Crippen LogP contribution in [0.5, 0.6) is 0 Å². The van der Waals surface area contributed by atoms with E-state index in [1.807, 2.05) is 37.3 Å².